The third-order valence-corrected chi connectivity index (χ3v) is 6.14. The van der Waals surface area contributed by atoms with E-state index in [9.17, 15) is 22.0 Å². The van der Waals surface area contributed by atoms with E-state index in [1.165, 1.54) is 30.3 Å². The van der Waals surface area contributed by atoms with Gasteiger partial charge in [-0.05, 0) is 42.3 Å². The molecule has 1 aromatic heterocycles. The SMILES string of the molecule is [C-]#[N+]c1ccc(-c2nc(N3CC[C@@H](N)C3)nc3ccc(-c4c(F)cccc4C(F)(F)F)cc23)cc1F. The summed E-state index contributed by atoms with van der Waals surface area (Å²) >= 11 is 0. The number of rotatable bonds is 3. The summed E-state index contributed by atoms with van der Waals surface area (Å²) in [6.07, 6.45) is -4.04. The second-order valence-electron chi connectivity index (χ2n) is 8.54. The molecule has 1 aliphatic rings. The van der Waals surface area contributed by atoms with Crippen molar-refractivity contribution in [2.45, 2.75) is 18.6 Å². The van der Waals surface area contributed by atoms with Gasteiger partial charge in [0, 0.05) is 35.6 Å². The van der Waals surface area contributed by atoms with Gasteiger partial charge < -0.3 is 10.6 Å². The second kappa shape index (κ2) is 8.84. The minimum atomic E-state index is -4.77. The zero-order valence-corrected chi connectivity index (χ0v) is 18.7. The van der Waals surface area contributed by atoms with E-state index in [4.69, 9.17) is 12.3 Å². The summed E-state index contributed by atoms with van der Waals surface area (Å²) in [5, 5.41) is 0.311. The molecule has 36 heavy (non-hydrogen) atoms. The van der Waals surface area contributed by atoms with E-state index < -0.39 is 28.9 Å². The van der Waals surface area contributed by atoms with E-state index in [2.05, 4.69) is 14.8 Å². The van der Waals surface area contributed by atoms with Crippen molar-refractivity contribution in [2.75, 3.05) is 18.0 Å². The number of benzene rings is 3. The smallest absolute Gasteiger partial charge is 0.339 e. The summed E-state index contributed by atoms with van der Waals surface area (Å²) in [6, 6.07) is 10.9. The maximum atomic E-state index is 14.7. The fourth-order valence-corrected chi connectivity index (χ4v) is 4.40. The number of fused-ring (bicyclic) bond motifs is 1. The average Bonchev–Trinajstić information content (AvgIpc) is 3.28. The van der Waals surface area contributed by atoms with E-state index in [0.29, 0.717) is 35.5 Å². The van der Waals surface area contributed by atoms with Gasteiger partial charge in [-0.15, -0.1) is 0 Å². The summed E-state index contributed by atoms with van der Waals surface area (Å²) in [7, 11) is 0. The summed E-state index contributed by atoms with van der Waals surface area (Å²) < 4.78 is 70.2. The molecular formula is C26H18F5N5. The lowest BCUT2D eigenvalue weighted by Gasteiger charge is -2.19. The Bertz CT molecular complexity index is 1530. The van der Waals surface area contributed by atoms with E-state index in [0.717, 1.165) is 30.7 Å². The Morgan fingerprint density at radius 2 is 1.75 bits per heavy atom. The van der Waals surface area contributed by atoms with Crippen molar-refractivity contribution in [1.82, 2.24) is 9.97 Å². The van der Waals surface area contributed by atoms with Crippen LogP contribution in [0.15, 0.2) is 54.6 Å². The number of hydrogen-bond acceptors (Lipinski definition) is 4. The van der Waals surface area contributed by atoms with Crippen LogP contribution in [0.25, 0.3) is 38.1 Å². The maximum Gasteiger partial charge on any atom is 0.417 e. The predicted molar refractivity (Wildman–Crippen MR) is 126 cm³/mol. The molecule has 5 rings (SSSR count). The number of nitrogens with two attached hydrogens (primary N) is 1. The fourth-order valence-electron chi connectivity index (χ4n) is 4.40. The molecule has 1 atom stereocenters. The summed E-state index contributed by atoms with van der Waals surface area (Å²) in [6.45, 7) is 8.21. The molecule has 0 radical (unpaired) electrons. The lowest BCUT2D eigenvalue weighted by molar-refractivity contribution is -0.137. The number of nitrogens with zero attached hydrogens (tertiary/aromatic N) is 4. The predicted octanol–water partition coefficient (Wildman–Crippen LogP) is 6.35. The van der Waals surface area contributed by atoms with Crippen LogP contribution in [0.4, 0.5) is 33.6 Å². The molecule has 1 fully saturated rings. The first kappa shape index (κ1) is 23.6. The maximum absolute atomic E-state index is 14.7. The van der Waals surface area contributed by atoms with Crippen LogP contribution < -0.4 is 10.6 Å². The van der Waals surface area contributed by atoms with Gasteiger partial charge in [0.15, 0.2) is 0 Å². The summed E-state index contributed by atoms with van der Waals surface area (Å²) in [5.41, 5.74) is 5.06. The topological polar surface area (TPSA) is 59.4 Å². The third kappa shape index (κ3) is 4.22. The van der Waals surface area contributed by atoms with Crippen LogP contribution in [0, 0.1) is 18.2 Å². The molecule has 2 N–H and O–H groups in total. The molecule has 5 nitrogen and oxygen atoms in total. The number of hydrogen-bond donors (Lipinski definition) is 1. The van der Waals surface area contributed by atoms with Crippen molar-refractivity contribution in [3.63, 3.8) is 0 Å². The molecule has 182 valence electrons. The fraction of sp³-hybridized carbons (Fsp3) is 0.192. The van der Waals surface area contributed by atoms with Crippen LogP contribution in [0.2, 0.25) is 0 Å². The van der Waals surface area contributed by atoms with Crippen molar-refractivity contribution in [3.05, 3.63) is 83.2 Å². The van der Waals surface area contributed by atoms with Crippen LogP contribution in [-0.2, 0) is 6.18 Å². The molecular weight excluding hydrogens is 477 g/mol. The van der Waals surface area contributed by atoms with Crippen molar-refractivity contribution < 1.29 is 22.0 Å². The molecule has 0 bridgehead atoms. The zero-order valence-electron chi connectivity index (χ0n) is 18.7. The van der Waals surface area contributed by atoms with Gasteiger partial charge >= 0.3 is 6.18 Å². The molecule has 3 aromatic carbocycles. The van der Waals surface area contributed by atoms with Crippen molar-refractivity contribution in [3.8, 4) is 22.4 Å². The lowest BCUT2D eigenvalue weighted by Crippen LogP contribution is -2.27. The highest BCUT2D eigenvalue weighted by molar-refractivity contribution is 5.96. The molecule has 1 aliphatic heterocycles. The van der Waals surface area contributed by atoms with Gasteiger partial charge in [0.05, 0.1) is 23.3 Å². The number of aromatic nitrogens is 2. The van der Waals surface area contributed by atoms with Crippen LogP contribution >= 0.6 is 0 Å². The highest BCUT2D eigenvalue weighted by atomic mass is 19.4. The summed E-state index contributed by atoms with van der Waals surface area (Å²) in [4.78, 5) is 14.2. The first-order valence-corrected chi connectivity index (χ1v) is 11.0. The van der Waals surface area contributed by atoms with Gasteiger partial charge in [0.1, 0.15) is 11.6 Å². The molecule has 0 saturated carbocycles. The third-order valence-electron chi connectivity index (χ3n) is 6.14. The zero-order chi connectivity index (χ0) is 25.6. The normalized spacial score (nSPS) is 15.9. The quantitative estimate of drug-likeness (QED) is 0.266. The first-order chi connectivity index (χ1) is 17.2. The van der Waals surface area contributed by atoms with E-state index in [1.54, 1.807) is 0 Å². The molecule has 0 aliphatic carbocycles. The van der Waals surface area contributed by atoms with Crippen molar-refractivity contribution >= 4 is 22.5 Å². The lowest BCUT2D eigenvalue weighted by atomic mass is 9.96. The molecule has 0 spiro atoms. The van der Waals surface area contributed by atoms with Gasteiger partial charge in [-0.25, -0.2) is 23.6 Å². The molecule has 2 heterocycles. The molecule has 0 amide bonds. The Morgan fingerprint density at radius 3 is 2.42 bits per heavy atom. The minimum Gasteiger partial charge on any atom is -0.339 e. The van der Waals surface area contributed by atoms with Crippen LogP contribution in [0.3, 0.4) is 0 Å². The van der Waals surface area contributed by atoms with Crippen molar-refractivity contribution in [2.24, 2.45) is 5.73 Å². The monoisotopic (exact) mass is 495 g/mol. The average molecular weight is 495 g/mol. The van der Waals surface area contributed by atoms with Gasteiger partial charge in [-0.1, -0.05) is 24.3 Å². The van der Waals surface area contributed by atoms with E-state index in [1.807, 2.05) is 4.90 Å². The first-order valence-electron chi connectivity index (χ1n) is 11.0. The molecule has 4 aromatic rings. The van der Waals surface area contributed by atoms with Gasteiger partial charge in [0.2, 0.25) is 11.6 Å². The highest BCUT2D eigenvalue weighted by Crippen LogP contribution is 2.40. The second-order valence-corrected chi connectivity index (χ2v) is 8.54. The Labute approximate surface area is 202 Å². The minimum absolute atomic E-state index is 0.0213. The summed E-state index contributed by atoms with van der Waals surface area (Å²) in [5.74, 6) is -1.44. The number of anilines is 1. The largest absolute Gasteiger partial charge is 0.417 e. The van der Waals surface area contributed by atoms with E-state index >= 15 is 0 Å². The molecule has 0 unspecified atom stereocenters. The van der Waals surface area contributed by atoms with Gasteiger partial charge in [-0.3, -0.25) is 0 Å². The Hall–Kier alpha value is -4.10. The van der Waals surface area contributed by atoms with Crippen LogP contribution in [-0.4, -0.2) is 29.1 Å². The standard InChI is InChI=1S/C26H18F5N5/c1-33-22-8-6-15(12-20(22)28)24-17-11-14(23-18(26(29,30)31)3-2-4-19(23)27)5-7-21(17)34-25(35-24)36-10-9-16(32)13-36/h2-8,11-12,16H,9-10,13,32H2/t16-/m1/s1. The molecule has 1 saturated heterocycles. The van der Waals surface area contributed by atoms with Crippen molar-refractivity contribution in [1.29, 1.82) is 0 Å². The van der Waals surface area contributed by atoms with E-state index in [-0.39, 0.29) is 23.0 Å². The van der Waals surface area contributed by atoms with Gasteiger partial charge in [-0.2, -0.15) is 13.2 Å². The molecule has 10 heteroatoms. The number of alkyl halides is 3. The van der Waals surface area contributed by atoms with Crippen LogP contribution in [0.1, 0.15) is 12.0 Å². The van der Waals surface area contributed by atoms with Gasteiger partial charge in [0.25, 0.3) is 0 Å². The number of halogens is 5. The Morgan fingerprint density at radius 1 is 0.972 bits per heavy atom. The highest BCUT2D eigenvalue weighted by Gasteiger charge is 2.35. The Balaban J connectivity index is 1.76. The Kier molecular flexibility index (Phi) is 5.80. The van der Waals surface area contributed by atoms with Crippen LogP contribution in [0.5, 0.6) is 0 Å².